The highest BCUT2D eigenvalue weighted by molar-refractivity contribution is 7.96. The molecule has 0 aromatic rings. The van der Waals surface area contributed by atoms with Crippen LogP contribution < -0.4 is 5.32 Å². The SMILES string of the molecule is CC.CC.CNC(CN(CC1CC1)SC)C(C)(C)C. The van der Waals surface area contributed by atoms with E-state index in [4.69, 9.17) is 0 Å². The van der Waals surface area contributed by atoms with Crippen molar-refractivity contribution >= 4 is 11.9 Å². The van der Waals surface area contributed by atoms with Gasteiger partial charge in [-0.1, -0.05) is 60.4 Å². The van der Waals surface area contributed by atoms with Crippen LogP contribution in [0.1, 0.15) is 61.3 Å². The second-order valence-electron chi connectivity index (χ2n) is 5.68. The van der Waals surface area contributed by atoms with E-state index in [1.165, 1.54) is 19.4 Å². The molecule has 0 saturated heterocycles. The number of nitrogens with one attached hydrogen (secondary N) is 1. The molecule has 1 saturated carbocycles. The Morgan fingerprint density at radius 2 is 1.63 bits per heavy atom. The topological polar surface area (TPSA) is 15.3 Å². The summed E-state index contributed by atoms with van der Waals surface area (Å²) in [6, 6.07) is 0.573. The molecule has 1 fully saturated rings. The largest absolute Gasteiger partial charge is 0.315 e. The van der Waals surface area contributed by atoms with E-state index < -0.39 is 0 Å². The molecule has 0 aromatic carbocycles. The first-order valence-corrected chi connectivity index (χ1v) is 9.12. The molecule has 0 heterocycles. The van der Waals surface area contributed by atoms with Gasteiger partial charge in [0.05, 0.1) is 0 Å². The van der Waals surface area contributed by atoms with Crippen molar-refractivity contribution in [2.75, 3.05) is 26.4 Å². The van der Waals surface area contributed by atoms with Crippen LogP contribution in [0.4, 0.5) is 0 Å². The minimum absolute atomic E-state index is 0.340. The molecule has 0 aliphatic heterocycles. The number of rotatable bonds is 6. The summed E-state index contributed by atoms with van der Waals surface area (Å²) in [7, 11) is 2.07. The van der Waals surface area contributed by atoms with Crippen molar-refractivity contribution < 1.29 is 0 Å². The number of likely N-dealkylation sites (N-methyl/N-ethyl adjacent to an activating group) is 1. The van der Waals surface area contributed by atoms with Crippen LogP contribution in [-0.2, 0) is 0 Å². The molecule has 0 radical (unpaired) electrons. The van der Waals surface area contributed by atoms with Crippen LogP contribution in [0.2, 0.25) is 0 Å². The summed E-state index contributed by atoms with van der Waals surface area (Å²) in [6.07, 6.45) is 5.07. The van der Waals surface area contributed by atoms with Gasteiger partial charge in [-0.3, -0.25) is 0 Å². The fourth-order valence-corrected chi connectivity index (χ4v) is 2.47. The lowest BCUT2D eigenvalue weighted by Crippen LogP contribution is -2.45. The van der Waals surface area contributed by atoms with Gasteiger partial charge in [0.25, 0.3) is 0 Å². The lowest BCUT2D eigenvalue weighted by Gasteiger charge is -2.34. The monoisotopic (exact) mass is 290 g/mol. The van der Waals surface area contributed by atoms with E-state index in [9.17, 15) is 0 Å². The lowest BCUT2D eigenvalue weighted by atomic mass is 9.87. The van der Waals surface area contributed by atoms with E-state index in [1.807, 2.05) is 39.6 Å². The van der Waals surface area contributed by atoms with Crippen LogP contribution in [0.15, 0.2) is 0 Å². The number of nitrogens with zero attached hydrogens (tertiary/aromatic N) is 1. The Morgan fingerprint density at radius 1 is 1.16 bits per heavy atom. The molecule has 1 unspecified atom stereocenters. The average molecular weight is 291 g/mol. The molecule has 1 aliphatic carbocycles. The van der Waals surface area contributed by atoms with Crippen LogP contribution in [0, 0.1) is 11.3 Å². The predicted octanol–water partition coefficient (Wildman–Crippen LogP) is 4.66. The van der Waals surface area contributed by atoms with Crippen LogP contribution in [0.3, 0.4) is 0 Å². The van der Waals surface area contributed by atoms with Crippen molar-refractivity contribution in [2.24, 2.45) is 11.3 Å². The highest BCUT2D eigenvalue weighted by Gasteiger charge is 2.28. The van der Waals surface area contributed by atoms with Gasteiger partial charge in [-0.25, -0.2) is 4.31 Å². The molecule has 0 spiro atoms. The van der Waals surface area contributed by atoms with Crippen molar-refractivity contribution in [2.45, 2.75) is 67.3 Å². The number of hydrogen-bond acceptors (Lipinski definition) is 3. The zero-order valence-corrected chi connectivity index (χ0v) is 15.7. The highest BCUT2D eigenvalue weighted by atomic mass is 32.2. The summed E-state index contributed by atoms with van der Waals surface area (Å²) in [5, 5.41) is 3.45. The first-order valence-electron chi connectivity index (χ1n) is 7.93. The Kier molecular flexibility index (Phi) is 13.7. The summed E-state index contributed by atoms with van der Waals surface area (Å²) >= 11 is 1.89. The zero-order valence-electron chi connectivity index (χ0n) is 14.8. The molecule has 0 amide bonds. The molecule has 0 aromatic heterocycles. The van der Waals surface area contributed by atoms with Crippen molar-refractivity contribution in [3.8, 4) is 0 Å². The second-order valence-corrected chi connectivity index (χ2v) is 6.56. The van der Waals surface area contributed by atoms with Gasteiger partial charge in [-0.15, -0.1) is 0 Å². The van der Waals surface area contributed by atoms with Crippen molar-refractivity contribution in [3.63, 3.8) is 0 Å². The standard InChI is InChI=1S/C12H26N2S.2C2H6/c1-12(2,3)11(13-4)9-14(15-5)8-10-6-7-10;2*1-2/h10-11,13H,6-9H2,1-5H3;2*1-2H3. The highest BCUT2D eigenvalue weighted by Crippen LogP contribution is 2.32. The summed E-state index contributed by atoms with van der Waals surface area (Å²) < 4.78 is 2.52. The van der Waals surface area contributed by atoms with Gasteiger partial charge in [0.15, 0.2) is 0 Å². The summed E-state index contributed by atoms with van der Waals surface area (Å²) in [6.45, 7) is 17.4. The fraction of sp³-hybridized carbons (Fsp3) is 1.00. The van der Waals surface area contributed by atoms with Crippen LogP contribution >= 0.6 is 11.9 Å². The van der Waals surface area contributed by atoms with E-state index in [-0.39, 0.29) is 0 Å². The van der Waals surface area contributed by atoms with E-state index in [0.717, 1.165) is 12.5 Å². The molecule has 0 bridgehead atoms. The van der Waals surface area contributed by atoms with Crippen LogP contribution in [0.5, 0.6) is 0 Å². The molecular formula is C16H38N2S. The third-order valence-electron chi connectivity index (χ3n) is 3.20. The Balaban J connectivity index is 0. The normalized spacial score (nSPS) is 16.1. The van der Waals surface area contributed by atoms with E-state index in [2.05, 4.69) is 43.7 Å². The maximum Gasteiger partial charge on any atom is 0.0249 e. The molecule has 2 nitrogen and oxygen atoms in total. The van der Waals surface area contributed by atoms with Crippen molar-refractivity contribution in [3.05, 3.63) is 0 Å². The lowest BCUT2D eigenvalue weighted by molar-refractivity contribution is 0.239. The molecule has 3 heteroatoms. The van der Waals surface area contributed by atoms with E-state index in [0.29, 0.717) is 11.5 Å². The van der Waals surface area contributed by atoms with Crippen LogP contribution in [-0.4, -0.2) is 36.7 Å². The molecule has 1 N–H and O–H groups in total. The quantitative estimate of drug-likeness (QED) is 0.716. The Hall–Kier alpha value is 0.270. The first-order chi connectivity index (χ1) is 8.97. The third kappa shape index (κ3) is 10.7. The van der Waals surface area contributed by atoms with Gasteiger partial charge in [-0.2, -0.15) is 0 Å². The molecule has 19 heavy (non-hydrogen) atoms. The third-order valence-corrected chi connectivity index (χ3v) is 4.01. The zero-order chi connectivity index (χ0) is 15.5. The molecule has 1 aliphatic rings. The van der Waals surface area contributed by atoms with Crippen molar-refractivity contribution in [1.29, 1.82) is 0 Å². The smallest absolute Gasteiger partial charge is 0.0249 e. The average Bonchev–Trinajstić information content (AvgIpc) is 3.21. The minimum atomic E-state index is 0.340. The summed E-state index contributed by atoms with van der Waals surface area (Å²) in [4.78, 5) is 0. The molecule has 118 valence electrons. The van der Waals surface area contributed by atoms with E-state index >= 15 is 0 Å². The minimum Gasteiger partial charge on any atom is -0.315 e. The van der Waals surface area contributed by atoms with Gasteiger partial charge in [0.1, 0.15) is 0 Å². The van der Waals surface area contributed by atoms with E-state index in [1.54, 1.807) is 0 Å². The maximum absolute atomic E-state index is 3.45. The first kappa shape index (κ1) is 21.6. The van der Waals surface area contributed by atoms with Crippen LogP contribution in [0.25, 0.3) is 0 Å². The summed E-state index contributed by atoms with van der Waals surface area (Å²) in [5.74, 6) is 0.981. The number of hydrogen-bond donors (Lipinski definition) is 1. The Bertz CT molecular complexity index is 186. The molecule has 1 rings (SSSR count). The second kappa shape index (κ2) is 12.0. The van der Waals surface area contributed by atoms with Crippen molar-refractivity contribution in [1.82, 2.24) is 9.62 Å². The predicted molar refractivity (Wildman–Crippen MR) is 92.8 cm³/mol. The van der Waals surface area contributed by atoms with Gasteiger partial charge in [-0.05, 0) is 37.5 Å². The Morgan fingerprint density at radius 3 is 1.89 bits per heavy atom. The fourth-order valence-electron chi connectivity index (χ4n) is 1.81. The molecular weight excluding hydrogens is 252 g/mol. The molecule has 1 atom stereocenters. The van der Waals surface area contributed by atoms with Gasteiger partial charge >= 0.3 is 0 Å². The summed E-state index contributed by atoms with van der Waals surface area (Å²) in [5.41, 5.74) is 0.340. The van der Waals surface area contributed by atoms with Gasteiger partial charge in [0.2, 0.25) is 0 Å². The maximum atomic E-state index is 3.45. The van der Waals surface area contributed by atoms with Gasteiger partial charge in [0, 0.05) is 19.1 Å². The van der Waals surface area contributed by atoms with Gasteiger partial charge < -0.3 is 5.32 Å². The Labute approximate surface area is 127 Å².